The molecule has 0 spiro atoms. The molecule has 0 aliphatic carbocycles. The number of esters is 1. The Balaban J connectivity index is 2.73. The van der Waals surface area contributed by atoms with Crippen LogP contribution in [-0.2, 0) is 9.53 Å². The summed E-state index contributed by atoms with van der Waals surface area (Å²) in [7, 11) is 0. The normalized spacial score (nSPS) is 12.3. The molecule has 0 heterocycles. The molecule has 1 rings (SSSR count). The number of alkyl halides is 1. The zero-order chi connectivity index (χ0) is 16.4. The zero-order valence-electron chi connectivity index (χ0n) is 12.4. The number of unbranched alkanes of at least 4 members (excludes halogenated alkanes) is 1. The van der Waals surface area contributed by atoms with Gasteiger partial charge in [0.25, 0.3) is 0 Å². The van der Waals surface area contributed by atoms with Gasteiger partial charge in [-0.3, -0.25) is 0 Å². The number of aromatic carboxylic acids is 1. The van der Waals surface area contributed by atoms with Crippen LogP contribution in [0.25, 0.3) is 0 Å². The predicted molar refractivity (Wildman–Crippen MR) is 82.9 cm³/mol. The summed E-state index contributed by atoms with van der Waals surface area (Å²) in [5.74, 6) is -0.888. The third-order valence-electron chi connectivity index (χ3n) is 2.85. The number of rotatable bonds is 9. The Bertz CT molecular complexity index is 517. The summed E-state index contributed by atoms with van der Waals surface area (Å²) in [6.07, 6.45) is 2.06. The average molecular weight is 327 g/mol. The second kappa shape index (κ2) is 9.89. The molecule has 0 aliphatic rings. The van der Waals surface area contributed by atoms with Crippen LogP contribution in [-0.4, -0.2) is 35.6 Å². The number of carboxylic acid groups (broad SMARTS) is 1. The van der Waals surface area contributed by atoms with Crippen LogP contribution in [0.2, 0.25) is 0 Å². The van der Waals surface area contributed by atoms with E-state index in [0.29, 0.717) is 18.0 Å². The summed E-state index contributed by atoms with van der Waals surface area (Å²) in [5.41, 5.74) is 0.652. The lowest BCUT2D eigenvalue weighted by atomic mass is 10.1. The van der Waals surface area contributed by atoms with Gasteiger partial charge in [0.1, 0.15) is 0 Å². The zero-order valence-corrected chi connectivity index (χ0v) is 13.1. The van der Waals surface area contributed by atoms with E-state index in [0.717, 1.165) is 12.8 Å². The van der Waals surface area contributed by atoms with Crippen molar-refractivity contribution in [2.75, 3.05) is 12.5 Å². The molecule has 0 saturated carbocycles. The monoisotopic (exact) mass is 326 g/mol. The number of azo groups is 1. The second-order valence-corrected chi connectivity index (χ2v) is 4.90. The summed E-state index contributed by atoms with van der Waals surface area (Å²) >= 11 is 5.62. The van der Waals surface area contributed by atoms with Crippen molar-refractivity contribution in [2.45, 2.75) is 32.2 Å². The van der Waals surface area contributed by atoms with Crippen molar-refractivity contribution in [3.05, 3.63) is 29.8 Å². The van der Waals surface area contributed by atoms with Gasteiger partial charge in [-0.25, -0.2) is 9.59 Å². The van der Waals surface area contributed by atoms with E-state index in [-0.39, 0.29) is 12.2 Å². The van der Waals surface area contributed by atoms with Gasteiger partial charge in [-0.05, 0) is 50.5 Å². The molecular weight excluding hydrogens is 308 g/mol. The van der Waals surface area contributed by atoms with Crippen LogP contribution in [0.1, 0.15) is 36.5 Å². The fraction of sp³-hybridized carbons (Fsp3) is 0.467. The standard InChI is InChI=1S/C15H19ClN2O4/c1-2-22-15(21)13(5-3-4-10-16)18-17-12-8-6-11(7-9-12)14(19)20/h6-9,13H,2-5,10H2,1H3,(H,19,20). The Morgan fingerprint density at radius 3 is 2.50 bits per heavy atom. The van der Waals surface area contributed by atoms with Crippen LogP contribution in [0, 0.1) is 0 Å². The van der Waals surface area contributed by atoms with Crippen LogP contribution in [0.5, 0.6) is 0 Å². The van der Waals surface area contributed by atoms with Crippen molar-refractivity contribution in [3.8, 4) is 0 Å². The van der Waals surface area contributed by atoms with Crippen molar-refractivity contribution >= 4 is 29.2 Å². The molecule has 1 aromatic rings. The fourth-order valence-corrected chi connectivity index (χ4v) is 1.89. The van der Waals surface area contributed by atoms with Crippen molar-refractivity contribution in [1.82, 2.24) is 0 Å². The third kappa shape index (κ3) is 6.22. The Kier molecular flexibility index (Phi) is 8.14. The lowest BCUT2D eigenvalue weighted by Gasteiger charge is -2.09. The lowest BCUT2D eigenvalue weighted by Crippen LogP contribution is -2.21. The SMILES string of the molecule is CCOC(=O)C(CCCCCl)N=Nc1ccc(C(=O)O)cc1. The Hall–Kier alpha value is -1.95. The number of benzene rings is 1. The number of halogens is 1. The predicted octanol–water partition coefficient (Wildman–Crippen LogP) is 3.81. The van der Waals surface area contributed by atoms with Crippen molar-refractivity contribution in [2.24, 2.45) is 10.2 Å². The minimum Gasteiger partial charge on any atom is -0.478 e. The molecule has 0 bridgehead atoms. The van der Waals surface area contributed by atoms with E-state index in [1.165, 1.54) is 24.3 Å². The molecule has 0 saturated heterocycles. The van der Waals surface area contributed by atoms with Gasteiger partial charge in [-0.15, -0.1) is 11.6 Å². The van der Waals surface area contributed by atoms with Gasteiger partial charge in [-0.1, -0.05) is 0 Å². The second-order valence-electron chi connectivity index (χ2n) is 4.52. The number of carboxylic acids is 1. The summed E-state index contributed by atoms with van der Waals surface area (Å²) in [6, 6.07) is 5.27. The Morgan fingerprint density at radius 1 is 1.27 bits per heavy atom. The van der Waals surface area contributed by atoms with Crippen molar-refractivity contribution < 1.29 is 19.4 Å². The number of hydrogen-bond acceptors (Lipinski definition) is 5. The van der Waals surface area contributed by atoms with Crippen LogP contribution < -0.4 is 0 Å². The van der Waals surface area contributed by atoms with E-state index < -0.39 is 18.0 Å². The third-order valence-corrected chi connectivity index (χ3v) is 3.11. The molecule has 1 N–H and O–H groups in total. The first kappa shape index (κ1) is 18.1. The maximum absolute atomic E-state index is 11.8. The summed E-state index contributed by atoms with van der Waals surface area (Å²) in [4.78, 5) is 22.6. The molecule has 1 atom stereocenters. The number of ether oxygens (including phenoxy) is 1. The molecule has 0 fully saturated rings. The maximum Gasteiger partial charge on any atom is 0.335 e. The molecular formula is C15H19ClN2O4. The van der Waals surface area contributed by atoms with E-state index >= 15 is 0 Å². The van der Waals surface area contributed by atoms with Crippen LogP contribution in [0.15, 0.2) is 34.5 Å². The van der Waals surface area contributed by atoms with Crippen LogP contribution >= 0.6 is 11.6 Å². The number of carbonyl (C=O) groups is 2. The summed E-state index contributed by atoms with van der Waals surface area (Å²) in [6.45, 7) is 2.02. The quantitative estimate of drug-likeness (QED) is 0.323. The first-order chi connectivity index (χ1) is 10.6. The van der Waals surface area contributed by atoms with E-state index in [1.54, 1.807) is 6.92 Å². The van der Waals surface area contributed by atoms with E-state index in [4.69, 9.17) is 21.4 Å². The molecule has 22 heavy (non-hydrogen) atoms. The summed E-state index contributed by atoms with van der Waals surface area (Å²) < 4.78 is 4.97. The van der Waals surface area contributed by atoms with E-state index in [9.17, 15) is 9.59 Å². The first-order valence-electron chi connectivity index (χ1n) is 7.05. The maximum atomic E-state index is 11.8. The highest BCUT2D eigenvalue weighted by atomic mass is 35.5. The molecule has 0 amide bonds. The van der Waals surface area contributed by atoms with Gasteiger partial charge >= 0.3 is 11.9 Å². The highest BCUT2D eigenvalue weighted by Gasteiger charge is 2.18. The topological polar surface area (TPSA) is 88.3 Å². The summed E-state index contributed by atoms with van der Waals surface area (Å²) in [5, 5.41) is 16.8. The molecule has 1 aromatic carbocycles. The van der Waals surface area contributed by atoms with Gasteiger partial charge in [0.05, 0.1) is 17.9 Å². The molecule has 0 radical (unpaired) electrons. The van der Waals surface area contributed by atoms with Gasteiger partial charge in [0.15, 0.2) is 6.04 Å². The van der Waals surface area contributed by atoms with Gasteiger partial charge in [0.2, 0.25) is 0 Å². The minimum atomic E-state index is -1.01. The minimum absolute atomic E-state index is 0.169. The van der Waals surface area contributed by atoms with Crippen molar-refractivity contribution in [3.63, 3.8) is 0 Å². The lowest BCUT2D eigenvalue weighted by molar-refractivity contribution is -0.144. The number of carbonyl (C=O) groups excluding carboxylic acids is 1. The van der Waals surface area contributed by atoms with Gasteiger partial charge in [-0.2, -0.15) is 10.2 Å². The van der Waals surface area contributed by atoms with Crippen molar-refractivity contribution in [1.29, 1.82) is 0 Å². The molecule has 0 aliphatic heterocycles. The molecule has 6 nitrogen and oxygen atoms in total. The van der Waals surface area contributed by atoms with Crippen LogP contribution in [0.4, 0.5) is 5.69 Å². The molecule has 1 unspecified atom stereocenters. The smallest absolute Gasteiger partial charge is 0.335 e. The van der Waals surface area contributed by atoms with E-state index in [1.807, 2.05) is 0 Å². The van der Waals surface area contributed by atoms with E-state index in [2.05, 4.69) is 10.2 Å². The largest absolute Gasteiger partial charge is 0.478 e. The molecule has 7 heteroatoms. The number of hydrogen-bond donors (Lipinski definition) is 1. The average Bonchev–Trinajstić information content (AvgIpc) is 2.51. The molecule has 0 aromatic heterocycles. The highest BCUT2D eigenvalue weighted by Crippen LogP contribution is 2.16. The first-order valence-corrected chi connectivity index (χ1v) is 7.58. The Morgan fingerprint density at radius 2 is 1.95 bits per heavy atom. The van der Waals surface area contributed by atoms with Gasteiger partial charge < -0.3 is 9.84 Å². The highest BCUT2D eigenvalue weighted by molar-refractivity contribution is 6.17. The Labute approximate surface area is 134 Å². The molecule has 120 valence electrons. The van der Waals surface area contributed by atoms with Gasteiger partial charge in [0, 0.05) is 5.88 Å². The fourth-order valence-electron chi connectivity index (χ4n) is 1.70. The van der Waals surface area contributed by atoms with Crippen LogP contribution in [0.3, 0.4) is 0 Å². The number of nitrogens with zero attached hydrogens (tertiary/aromatic N) is 2.